The van der Waals surface area contributed by atoms with Gasteiger partial charge in [-0.25, -0.2) is 0 Å². The molecule has 2 fully saturated rings. The number of anilines is 2. The Morgan fingerprint density at radius 2 is 1.07 bits per heavy atom. The van der Waals surface area contributed by atoms with Gasteiger partial charge in [-0.15, -0.1) is 0 Å². The molecule has 0 aliphatic carbocycles. The minimum atomic E-state index is 0.167. The van der Waals surface area contributed by atoms with Crippen LogP contribution < -0.4 is 14.5 Å². The van der Waals surface area contributed by atoms with E-state index in [1.807, 2.05) is 24.3 Å². The van der Waals surface area contributed by atoms with Crippen LogP contribution in [0.15, 0.2) is 48.5 Å². The lowest BCUT2D eigenvalue weighted by molar-refractivity contribution is -0.114. The number of carbonyl (C=O) groups excluding carboxylic acids is 1. The lowest BCUT2D eigenvalue weighted by Gasteiger charge is -2.32. The molecule has 4 rings (SSSR count). The molecule has 2 aliphatic heterocycles. The molecule has 0 radical (unpaired) electrons. The molecule has 0 amide bonds. The third kappa shape index (κ3) is 6.21. The average Bonchev–Trinajstić information content (AvgIpc) is 2.75. The molecule has 2 aromatic carbocycles. The number of hydrogen-bond donors (Lipinski definition) is 0. The summed E-state index contributed by atoms with van der Waals surface area (Å²) < 4.78 is 17.3. The normalized spacial score (nSPS) is 16.6. The molecule has 2 aliphatic rings. The Bertz CT molecular complexity index is 720. The number of ketones is 1. The van der Waals surface area contributed by atoms with Gasteiger partial charge >= 0.3 is 0 Å². The van der Waals surface area contributed by atoms with Crippen LogP contribution in [-0.2, 0) is 14.3 Å². The van der Waals surface area contributed by atoms with Crippen molar-refractivity contribution >= 4 is 17.2 Å². The zero-order valence-electron chi connectivity index (χ0n) is 17.3. The SMILES string of the molecule is CC(C)=O.c1ccc(N2CCOCC2)c(Oc2ccccc2N2CCOCC2)c1. The van der Waals surface area contributed by atoms with Gasteiger partial charge in [0.25, 0.3) is 0 Å². The molecule has 0 spiro atoms. The molecule has 0 saturated carbocycles. The van der Waals surface area contributed by atoms with Gasteiger partial charge in [-0.2, -0.15) is 0 Å². The number of benzene rings is 2. The van der Waals surface area contributed by atoms with Crippen molar-refractivity contribution in [1.82, 2.24) is 0 Å². The Labute approximate surface area is 173 Å². The fourth-order valence-corrected chi connectivity index (χ4v) is 3.34. The summed E-state index contributed by atoms with van der Waals surface area (Å²) in [6.45, 7) is 9.68. The molecule has 0 unspecified atom stereocenters. The third-order valence-electron chi connectivity index (χ3n) is 4.65. The second kappa shape index (κ2) is 10.8. The molecule has 156 valence electrons. The topological polar surface area (TPSA) is 51.2 Å². The van der Waals surface area contributed by atoms with E-state index in [2.05, 4.69) is 34.1 Å². The molecule has 2 heterocycles. The molecule has 0 N–H and O–H groups in total. The number of hydrogen-bond acceptors (Lipinski definition) is 6. The maximum Gasteiger partial charge on any atom is 0.150 e. The zero-order valence-corrected chi connectivity index (χ0v) is 17.3. The Balaban J connectivity index is 0.000000552. The highest BCUT2D eigenvalue weighted by atomic mass is 16.5. The first-order valence-electron chi connectivity index (χ1n) is 10.1. The summed E-state index contributed by atoms with van der Waals surface area (Å²) in [5, 5.41) is 0. The molecule has 2 aromatic rings. The van der Waals surface area contributed by atoms with Gasteiger partial charge < -0.3 is 28.8 Å². The zero-order chi connectivity index (χ0) is 20.5. The second-order valence-corrected chi connectivity index (χ2v) is 7.14. The van der Waals surface area contributed by atoms with Crippen LogP contribution in [0.25, 0.3) is 0 Å². The minimum Gasteiger partial charge on any atom is -0.453 e. The first-order valence-corrected chi connectivity index (χ1v) is 10.1. The van der Waals surface area contributed by atoms with E-state index < -0.39 is 0 Å². The van der Waals surface area contributed by atoms with Crippen molar-refractivity contribution in [1.29, 1.82) is 0 Å². The van der Waals surface area contributed by atoms with E-state index in [4.69, 9.17) is 14.2 Å². The van der Waals surface area contributed by atoms with Crippen LogP contribution in [-0.4, -0.2) is 58.4 Å². The van der Waals surface area contributed by atoms with E-state index in [1.54, 1.807) is 0 Å². The van der Waals surface area contributed by atoms with Crippen molar-refractivity contribution in [2.24, 2.45) is 0 Å². The van der Waals surface area contributed by atoms with Crippen LogP contribution in [0.1, 0.15) is 13.8 Å². The summed E-state index contributed by atoms with van der Waals surface area (Å²) in [4.78, 5) is 14.1. The monoisotopic (exact) mass is 398 g/mol. The van der Waals surface area contributed by atoms with Crippen LogP contribution in [0.3, 0.4) is 0 Å². The van der Waals surface area contributed by atoms with Gasteiger partial charge in [0.05, 0.1) is 37.8 Å². The van der Waals surface area contributed by atoms with E-state index in [-0.39, 0.29) is 5.78 Å². The summed E-state index contributed by atoms with van der Waals surface area (Å²) >= 11 is 0. The predicted octanol–water partition coefficient (Wildman–Crippen LogP) is 3.75. The van der Waals surface area contributed by atoms with E-state index >= 15 is 0 Å². The van der Waals surface area contributed by atoms with Crippen LogP contribution >= 0.6 is 0 Å². The maximum atomic E-state index is 9.44. The maximum absolute atomic E-state index is 9.44. The van der Waals surface area contributed by atoms with Gasteiger partial charge in [0.1, 0.15) is 5.78 Å². The largest absolute Gasteiger partial charge is 0.453 e. The fraction of sp³-hybridized carbons (Fsp3) is 0.435. The fourth-order valence-electron chi connectivity index (χ4n) is 3.34. The molecular weight excluding hydrogens is 368 g/mol. The summed E-state index contributed by atoms with van der Waals surface area (Å²) in [6.07, 6.45) is 0. The summed E-state index contributed by atoms with van der Waals surface area (Å²) in [6, 6.07) is 16.5. The highest BCUT2D eigenvalue weighted by Crippen LogP contribution is 2.37. The Hall–Kier alpha value is -2.57. The molecule has 0 atom stereocenters. The number of nitrogens with zero attached hydrogens (tertiary/aromatic N) is 2. The number of morpholine rings is 2. The summed E-state index contributed by atoms with van der Waals surface area (Å²) in [5.41, 5.74) is 2.25. The van der Waals surface area contributed by atoms with Crippen molar-refractivity contribution in [3.63, 3.8) is 0 Å². The van der Waals surface area contributed by atoms with E-state index in [0.717, 1.165) is 75.5 Å². The molecule has 6 heteroatoms. The van der Waals surface area contributed by atoms with Gasteiger partial charge in [-0.1, -0.05) is 24.3 Å². The van der Waals surface area contributed by atoms with Gasteiger partial charge in [-0.05, 0) is 38.1 Å². The quantitative estimate of drug-likeness (QED) is 0.782. The van der Waals surface area contributed by atoms with E-state index in [9.17, 15) is 4.79 Å². The number of carbonyl (C=O) groups is 1. The van der Waals surface area contributed by atoms with E-state index in [1.165, 1.54) is 13.8 Å². The van der Waals surface area contributed by atoms with Crippen molar-refractivity contribution in [2.75, 3.05) is 62.4 Å². The van der Waals surface area contributed by atoms with Gasteiger partial charge in [-0.3, -0.25) is 0 Å². The average molecular weight is 399 g/mol. The molecule has 0 bridgehead atoms. The third-order valence-corrected chi connectivity index (χ3v) is 4.65. The Morgan fingerprint density at radius 1 is 0.724 bits per heavy atom. The standard InChI is InChI=1S/C20H24N2O3.C3H6O/c1-3-7-19(17(5-1)21-9-13-23-14-10-21)25-20-8-4-2-6-18(20)22-11-15-24-16-12-22;1-3(2)4/h1-8H,9-16H2;1-2H3. The summed E-state index contributed by atoms with van der Waals surface area (Å²) in [7, 11) is 0. The predicted molar refractivity (Wildman–Crippen MR) is 115 cm³/mol. The summed E-state index contributed by atoms with van der Waals surface area (Å²) in [5.74, 6) is 1.95. The van der Waals surface area contributed by atoms with Crippen molar-refractivity contribution in [3.8, 4) is 11.5 Å². The van der Waals surface area contributed by atoms with Crippen molar-refractivity contribution in [2.45, 2.75) is 13.8 Å². The van der Waals surface area contributed by atoms with Gasteiger partial charge in [0.2, 0.25) is 0 Å². The van der Waals surface area contributed by atoms with Gasteiger partial charge in [0.15, 0.2) is 11.5 Å². The lowest BCUT2D eigenvalue weighted by atomic mass is 10.2. The molecule has 29 heavy (non-hydrogen) atoms. The second-order valence-electron chi connectivity index (χ2n) is 7.14. The number of Topliss-reactive ketones (excluding diaryl/α,β-unsaturated/α-hetero) is 1. The molecular formula is C23H30N2O4. The van der Waals surface area contributed by atoms with Crippen molar-refractivity contribution in [3.05, 3.63) is 48.5 Å². The van der Waals surface area contributed by atoms with Crippen LogP contribution in [0.4, 0.5) is 11.4 Å². The van der Waals surface area contributed by atoms with Crippen LogP contribution in [0.2, 0.25) is 0 Å². The Morgan fingerprint density at radius 3 is 1.45 bits per heavy atom. The first kappa shape index (κ1) is 21.1. The van der Waals surface area contributed by atoms with E-state index in [0.29, 0.717) is 0 Å². The van der Waals surface area contributed by atoms with Gasteiger partial charge in [0, 0.05) is 26.2 Å². The first-order chi connectivity index (χ1) is 14.1. The lowest BCUT2D eigenvalue weighted by Crippen LogP contribution is -2.36. The smallest absolute Gasteiger partial charge is 0.150 e. The molecule has 6 nitrogen and oxygen atoms in total. The highest BCUT2D eigenvalue weighted by Gasteiger charge is 2.19. The molecule has 2 saturated heterocycles. The highest BCUT2D eigenvalue weighted by molar-refractivity contribution is 5.72. The molecule has 0 aromatic heterocycles. The minimum absolute atomic E-state index is 0.167. The van der Waals surface area contributed by atoms with Crippen LogP contribution in [0.5, 0.6) is 11.5 Å². The number of ether oxygens (including phenoxy) is 3. The number of para-hydroxylation sites is 4. The van der Waals surface area contributed by atoms with Crippen molar-refractivity contribution < 1.29 is 19.0 Å². The van der Waals surface area contributed by atoms with Crippen LogP contribution in [0, 0.1) is 0 Å². The number of rotatable bonds is 4. The Kier molecular flexibility index (Phi) is 7.90.